The normalized spacial score (nSPS) is 21.1. The van der Waals surface area contributed by atoms with Gasteiger partial charge in [0.2, 0.25) is 0 Å². The molecule has 192 valence electrons. The highest BCUT2D eigenvalue weighted by atomic mass is 32.2. The van der Waals surface area contributed by atoms with Gasteiger partial charge in [-0.3, -0.25) is 0 Å². The summed E-state index contributed by atoms with van der Waals surface area (Å²) in [6.45, 7) is 1.86. The summed E-state index contributed by atoms with van der Waals surface area (Å²) in [6.07, 6.45) is -1.81. The molecular formula is C27H30O8S. The van der Waals surface area contributed by atoms with Crippen molar-refractivity contribution in [2.24, 2.45) is 0 Å². The molecule has 4 atom stereocenters. The molecule has 9 heteroatoms. The maximum atomic E-state index is 12.7. The summed E-state index contributed by atoms with van der Waals surface area (Å²) in [4.78, 5) is 0.0309. The number of hydrogen-bond donors (Lipinski definition) is 3. The van der Waals surface area contributed by atoms with Crippen LogP contribution in [0.15, 0.2) is 71.6 Å². The van der Waals surface area contributed by atoms with Gasteiger partial charge >= 0.3 is 10.1 Å². The van der Waals surface area contributed by atoms with Crippen LogP contribution in [0.25, 0.3) is 0 Å². The van der Waals surface area contributed by atoms with Crippen LogP contribution in [-0.4, -0.2) is 49.2 Å². The van der Waals surface area contributed by atoms with Gasteiger partial charge in [-0.1, -0.05) is 35.9 Å². The van der Waals surface area contributed by atoms with E-state index in [0.717, 1.165) is 11.1 Å². The maximum absolute atomic E-state index is 12.7. The van der Waals surface area contributed by atoms with Gasteiger partial charge in [-0.05, 0) is 54.4 Å². The highest BCUT2D eigenvalue weighted by molar-refractivity contribution is 7.87. The molecule has 3 aromatic carbocycles. The summed E-state index contributed by atoms with van der Waals surface area (Å²) in [5.74, 6) is 0.376. The highest BCUT2D eigenvalue weighted by Crippen LogP contribution is 2.38. The molecular weight excluding hydrogens is 484 g/mol. The van der Waals surface area contributed by atoms with Crippen molar-refractivity contribution in [2.45, 2.75) is 55.5 Å². The Morgan fingerprint density at radius 1 is 1.00 bits per heavy atom. The van der Waals surface area contributed by atoms with Crippen molar-refractivity contribution < 1.29 is 37.4 Å². The van der Waals surface area contributed by atoms with Gasteiger partial charge in [-0.15, -0.1) is 0 Å². The molecule has 3 N–H and O–H groups in total. The first-order chi connectivity index (χ1) is 17.1. The Bertz CT molecular complexity index is 1270. The minimum Gasteiger partial charge on any atom is -0.508 e. The number of methoxy groups -OCH3 is 1. The van der Waals surface area contributed by atoms with Crippen molar-refractivity contribution in [2.75, 3.05) is 7.11 Å². The van der Waals surface area contributed by atoms with Gasteiger partial charge in [-0.2, -0.15) is 8.42 Å². The summed E-state index contributed by atoms with van der Waals surface area (Å²) in [5.41, 5.74) is 2.42. The molecule has 1 aliphatic heterocycles. The summed E-state index contributed by atoms with van der Waals surface area (Å²) in [7, 11) is -2.65. The maximum Gasteiger partial charge on any atom is 0.339 e. The van der Waals surface area contributed by atoms with Crippen LogP contribution in [0.4, 0.5) is 0 Å². The lowest BCUT2D eigenvalue weighted by molar-refractivity contribution is -0.139. The number of aryl methyl sites for hydroxylation is 1. The van der Waals surface area contributed by atoms with E-state index in [9.17, 15) is 23.7 Å². The van der Waals surface area contributed by atoms with Gasteiger partial charge < -0.3 is 29.0 Å². The van der Waals surface area contributed by atoms with Gasteiger partial charge in [0, 0.05) is 19.3 Å². The Morgan fingerprint density at radius 2 is 1.69 bits per heavy atom. The van der Waals surface area contributed by atoms with E-state index in [4.69, 9.17) is 13.7 Å². The molecule has 8 nitrogen and oxygen atoms in total. The third-order valence-electron chi connectivity index (χ3n) is 6.21. The number of aliphatic hydroxyl groups excluding tert-OH is 2. The smallest absolute Gasteiger partial charge is 0.339 e. The number of phenols is 1. The summed E-state index contributed by atoms with van der Waals surface area (Å²) in [5, 5.41) is 30.7. The lowest BCUT2D eigenvalue weighted by atomic mass is 9.92. The number of rotatable bonds is 8. The van der Waals surface area contributed by atoms with E-state index in [1.54, 1.807) is 48.5 Å². The van der Waals surface area contributed by atoms with Crippen LogP contribution in [0.5, 0.6) is 17.2 Å². The summed E-state index contributed by atoms with van der Waals surface area (Å²) in [6, 6.07) is 17.7. The predicted molar refractivity (Wildman–Crippen MR) is 133 cm³/mol. The summed E-state index contributed by atoms with van der Waals surface area (Å²) < 4.78 is 42.3. The average Bonchev–Trinajstić information content (AvgIpc) is 2.85. The van der Waals surface area contributed by atoms with Gasteiger partial charge in [0.15, 0.2) is 11.5 Å². The lowest BCUT2D eigenvalue weighted by Crippen LogP contribution is -2.40. The monoisotopic (exact) mass is 514 g/mol. The fourth-order valence-corrected chi connectivity index (χ4v) is 5.17. The number of aromatic hydroxyl groups is 1. The molecule has 0 bridgehead atoms. The van der Waals surface area contributed by atoms with Crippen molar-refractivity contribution in [3.05, 3.63) is 83.4 Å². The van der Waals surface area contributed by atoms with E-state index < -0.39 is 34.5 Å². The lowest BCUT2D eigenvalue weighted by Gasteiger charge is -2.36. The molecule has 4 rings (SSSR count). The van der Waals surface area contributed by atoms with Crippen LogP contribution in [-0.2, 0) is 21.3 Å². The third kappa shape index (κ3) is 6.17. The van der Waals surface area contributed by atoms with E-state index in [0.29, 0.717) is 18.4 Å². The molecule has 0 aromatic heterocycles. The van der Waals surface area contributed by atoms with Crippen molar-refractivity contribution in [3.8, 4) is 17.2 Å². The van der Waals surface area contributed by atoms with Crippen LogP contribution < -0.4 is 8.92 Å². The fourth-order valence-electron chi connectivity index (χ4n) is 4.23. The first-order valence-electron chi connectivity index (χ1n) is 11.6. The number of ether oxygens (including phenoxy) is 2. The molecule has 0 radical (unpaired) electrons. The topological polar surface area (TPSA) is 123 Å². The summed E-state index contributed by atoms with van der Waals surface area (Å²) >= 11 is 0. The Balaban J connectivity index is 1.50. The number of benzene rings is 3. The van der Waals surface area contributed by atoms with E-state index in [2.05, 4.69) is 0 Å². The molecule has 0 unspecified atom stereocenters. The zero-order valence-corrected chi connectivity index (χ0v) is 20.9. The second-order valence-electron chi connectivity index (χ2n) is 8.99. The van der Waals surface area contributed by atoms with Crippen molar-refractivity contribution in [1.29, 1.82) is 0 Å². The van der Waals surface area contributed by atoms with E-state index in [-0.39, 0.29) is 28.6 Å². The van der Waals surface area contributed by atoms with Gasteiger partial charge in [0.25, 0.3) is 0 Å². The van der Waals surface area contributed by atoms with E-state index in [1.165, 1.54) is 25.3 Å². The van der Waals surface area contributed by atoms with Crippen LogP contribution in [0.1, 0.15) is 35.6 Å². The molecule has 0 amide bonds. The zero-order valence-electron chi connectivity index (χ0n) is 20.1. The Labute approximate surface area is 210 Å². The highest BCUT2D eigenvalue weighted by Gasteiger charge is 2.34. The molecule has 1 heterocycles. The molecule has 1 saturated heterocycles. The standard InChI is InChI=1S/C27H30O8S/c1-17-3-10-22(11-4-17)36(31,32)35-24-12-7-19(14-27(24)33-2)25-15-21(29)16-26(34-25)23(30)13-18-5-8-20(28)9-6-18/h3-12,14,21,23,25-26,28-30H,13,15-16H2,1-2H3/t21-,23-,25+,26-/m0/s1. The first-order valence-corrected chi connectivity index (χ1v) is 13.0. The molecule has 0 spiro atoms. The van der Waals surface area contributed by atoms with Crippen LogP contribution in [0.2, 0.25) is 0 Å². The largest absolute Gasteiger partial charge is 0.508 e. The minimum atomic E-state index is -4.06. The van der Waals surface area contributed by atoms with E-state index >= 15 is 0 Å². The quantitative estimate of drug-likeness (QED) is 0.389. The van der Waals surface area contributed by atoms with Gasteiger partial charge in [0.05, 0.1) is 31.5 Å². The third-order valence-corrected chi connectivity index (χ3v) is 7.46. The Morgan fingerprint density at radius 3 is 2.36 bits per heavy atom. The molecule has 1 fully saturated rings. The Hall–Kier alpha value is -3.11. The molecule has 3 aromatic rings. The van der Waals surface area contributed by atoms with Crippen LogP contribution >= 0.6 is 0 Å². The van der Waals surface area contributed by atoms with Crippen molar-refractivity contribution in [1.82, 2.24) is 0 Å². The number of phenolic OH excluding ortho intramolecular Hbond substituents is 1. The van der Waals surface area contributed by atoms with Crippen molar-refractivity contribution >= 4 is 10.1 Å². The SMILES string of the molecule is COc1cc([C@H]2C[C@H](O)C[C@@H]([C@@H](O)Cc3ccc(O)cc3)O2)ccc1OS(=O)(=O)c1ccc(C)cc1. The first kappa shape index (κ1) is 26.0. The number of aliphatic hydroxyl groups is 2. The van der Waals surface area contributed by atoms with Gasteiger partial charge in [0.1, 0.15) is 10.6 Å². The second-order valence-corrected chi connectivity index (χ2v) is 10.5. The second kappa shape index (κ2) is 10.9. The van der Waals surface area contributed by atoms with Crippen molar-refractivity contribution in [3.63, 3.8) is 0 Å². The fraction of sp³-hybridized carbons (Fsp3) is 0.333. The van der Waals surface area contributed by atoms with E-state index in [1.807, 2.05) is 6.92 Å². The average molecular weight is 515 g/mol. The predicted octanol–water partition coefficient (Wildman–Crippen LogP) is 3.66. The van der Waals surface area contributed by atoms with Crippen LogP contribution in [0, 0.1) is 6.92 Å². The zero-order chi connectivity index (χ0) is 25.9. The minimum absolute atomic E-state index is 0.0297. The van der Waals surface area contributed by atoms with Crippen LogP contribution in [0.3, 0.4) is 0 Å². The molecule has 36 heavy (non-hydrogen) atoms. The van der Waals surface area contributed by atoms with Gasteiger partial charge in [-0.25, -0.2) is 0 Å². The molecule has 0 saturated carbocycles. The Kier molecular flexibility index (Phi) is 7.85. The molecule has 1 aliphatic rings. The number of hydrogen-bond acceptors (Lipinski definition) is 8. The molecule has 0 aliphatic carbocycles.